The van der Waals surface area contributed by atoms with Crippen molar-refractivity contribution in [2.75, 3.05) is 12.3 Å². The van der Waals surface area contributed by atoms with Gasteiger partial charge < -0.3 is 16.4 Å². The smallest absolute Gasteiger partial charge is 0.274 e. The molecule has 0 radical (unpaired) electrons. The van der Waals surface area contributed by atoms with Gasteiger partial charge in [-0.2, -0.15) is 5.10 Å². The van der Waals surface area contributed by atoms with Crippen molar-refractivity contribution in [3.05, 3.63) is 11.9 Å². The summed E-state index contributed by atoms with van der Waals surface area (Å²) >= 11 is 0. The summed E-state index contributed by atoms with van der Waals surface area (Å²) in [6.07, 6.45) is 2.87. The molecule has 1 saturated heterocycles. The van der Waals surface area contributed by atoms with Crippen molar-refractivity contribution in [1.82, 2.24) is 15.1 Å². The Morgan fingerprint density at radius 1 is 1.50 bits per heavy atom. The molecule has 1 aliphatic heterocycles. The fourth-order valence-electron chi connectivity index (χ4n) is 2.23. The molecule has 18 heavy (non-hydrogen) atoms. The molecule has 0 bridgehead atoms. The van der Waals surface area contributed by atoms with E-state index in [2.05, 4.69) is 10.2 Å². The normalized spacial score (nSPS) is 23.9. The molecule has 1 fully saturated rings. The summed E-state index contributed by atoms with van der Waals surface area (Å²) in [5.74, 6) is -0.880. The molecule has 2 rings (SSSR count). The Morgan fingerprint density at radius 2 is 2.22 bits per heavy atom. The van der Waals surface area contributed by atoms with Crippen LogP contribution in [0.1, 0.15) is 30.3 Å². The number of piperidine rings is 1. The van der Waals surface area contributed by atoms with E-state index in [1.54, 1.807) is 4.90 Å². The molecule has 2 amide bonds. The highest BCUT2D eigenvalue weighted by Crippen LogP contribution is 2.24. The van der Waals surface area contributed by atoms with Gasteiger partial charge in [0.05, 0.1) is 17.8 Å². The molecule has 0 aromatic carbocycles. The van der Waals surface area contributed by atoms with Gasteiger partial charge >= 0.3 is 0 Å². The van der Waals surface area contributed by atoms with E-state index in [1.165, 1.54) is 6.20 Å². The average molecular weight is 251 g/mol. The van der Waals surface area contributed by atoms with Crippen molar-refractivity contribution in [2.24, 2.45) is 11.7 Å². The van der Waals surface area contributed by atoms with Gasteiger partial charge in [0, 0.05) is 12.6 Å². The Balaban J connectivity index is 2.18. The van der Waals surface area contributed by atoms with Crippen LogP contribution in [0.2, 0.25) is 0 Å². The first-order chi connectivity index (χ1) is 8.50. The number of nitrogen functional groups attached to an aromatic ring is 1. The number of likely N-dealkylation sites (tertiary alicyclic amines) is 1. The number of carbonyl (C=O) groups excluding carboxylic acids is 2. The van der Waals surface area contributed by atoms with Crippen LogP contribution in [0.15, 0.2) is 6.20 Å². The lowest BCUT2D eigenvalue weighted by Gasteiger charge is -2.36. The highest BCUT2D eigenvalue weighted by atomic mass is 16.2. The first-order valence-electron chi connectivity index (χ1n) is 5.89. The Hall–Kier alpha value is -2.05. The van der Waals surface area contributed by atoms with Gasteiger partial charge in [-0.05, 0) is 19.8 Å². The molecular formula is C11H17N5O2. The second-order valence-electron chi connectivity index (χ2n) is 4.68. The molecular weight excluding hydrogens is 234 g/mol. The highest BCUT2D eigenvalue weighted by molar-refractivity contribution is 5.97. The van der Waals surface area contributed by atoms with Crippen LogP contribution in [0.5, 0.6) is 0 Å². The van der Waals surface area contributed by atoms with E-state index in [0.717, 1.165) is 12.8 Å². The molecule has 1 aromatic rings. The minimum atomic E-state index is -0.364. The molecule has 7 heteroatoms. The van der Waals surface area contributed by atoms with Crippen LogP contribution in [0.25, 0.3) is 0 Å². The van der Waals surface area contributed by atoms with E-state index in [4.69, 9.17) is 11.5 Å². The third kappa shape index (κ3) is 2.15. The topological polar surface area (TPSA) is 118 Å². The summed E-state index contributed by atoms with van der Waals surface area (Å²) in [5.41, 5.74) is 11.5. The molecule has 0 aliphatic carbocycles. The van der Waals surface area contributed by atoms with Crippen molar-refractivity contribution >= 4 is 17.5 Å². The number of hydrogen-bond donors (Lipinski definition) is 3. The maximum atomic E-state index is 12.3. The molecule has 98 valence electrons. The maximum absolute atomic E-state index is 12.3. The molecule has 1 aromatic heterocycles. The molecule has 0 saturated carbocycles. The summed E-state index contributed by atoms with van der Waals surface area (Å²) in [7, 11) is 0. The number of rotatable bonds is 2. The largest absolute Gasteiger partial charge is 0.396 e. The zero-order valence-corrected chi connectivity index (χ0v) is 10.2. The number of aromatic nitrogens is 2. The Bertz CT molecular complexity index is 470. The van der Waals surface area contributed by atoms with Crippen LogP contribution in [-0.4, -0.2) is 39.5 Å². The van der Waals surface area contributed by atoms with Crippen molar-refractivity contribution in [1.29, 1.82) is 0 Å². The first kappa shape index (κ1) is 12.4. The van der Waals surface area contributed by atoms with Gasteiger partial charge in [-0.15, -0.1) is 0 Å². The number of nitrogens with zero attached hydrogens (tertiary/aromatic N) is 2. The number of nitrogens with one attached hydrogen (secondary N) is 1. The summed E-state index contributed by atoms with van der Waals surface area (Å²) in [4.78, 5) is 25.1. The van der Waals surface area contributed by atoms with E-state index < -0.39 is 0 Å². The lowest BCUT2D eigenvalue weighted by Crippen LogP contribution is -2.48. The number of primary amides is 1. The molecule has 2 atom stereocenters. The predicted octanol–water partition coefficient (Wildman–Crippen LogP) is -0.282. The minimum Gasteiger partial charge on any atom is -0.396 e. The van der Waals surface area contributed by atoms with Gasteiger partial charge in [0.25, 0.3) is 5.91 Å². The maximum Gasteiger partial charge on any atom is 0.274 e. The predicted molar refractivity (Wildman–Crippen MR) is 65.4 cm³/mol. The Kier molecular flexibility index (Phi) is 3.22. The summed E-state index contributed by atoms with van der Waals surface area (Å²) in [6, 6.07) is 0.0656. The third-order valence-corrected chi connectivity index (χ3v) is 3.43. The number of carbonyl (C=O) groups is 2. The van der Waals surface area contributed by atoms with Crippen molar-refractivity contribution in [2.45, 2.75) is 25.8 Å². The SMILES string of the molecule is CC1CCC(C(N)=O)CN1C(=O)c1[nH]ncc1N. The van der Waals surface area contributed by atoms with Gasteiger partial charge in [-0.3, -0.25) is 14.7 Å². The van der Waals surface area contributed by atoms with Gasteiger partial charge in [0.2, 0.25) is 5.91 Å². The van der Waals surface area contributed by atoms with Crippen molar-refractivity contribution < 1.29 is 9.59 Å². The number of H-pyrrole nitrogens is 1. The Morgan fingerprint density at radius 3 is 2.78 bits per heavy atom. The monoisotopic (exact) mass is 251 g/mol. The van der Waals surface area contributed by atoms with E-state index in [9.17, 15) is 9.59 Å². The van der Waals surface area contributed by atoms with Gasteiger partial charge in [0.15, 0.2) is 0 Å². The van der Waals surface area contributed by atoms with Crippen LogP contribution in [-0.2, 0) is 4.79 Å². The minimum absolute atomic E-state index is 0.0656. The molecule has 2 heterocycles. The quantitative estimate of drug-likeness (QED) is 0.669. The van der Waals surface area contributed by atoms with E-state index in [-0.39, 0.29) is 29.5 Å². The van der Waals surface area contributed by atoms with Crippen molar-refractivity contribution in [3.63, 3.8) is 0 Å². The molecule has 0 spiro atoms. The molecule has 5 N–H and O–H groups in total. The first-order valence-corrected chi connectivity index (χ1v) is 5.89. The lowest BCUT2D eigenvalue weighted by atomic mass is 9.92. The van der Waals surface area contributed by atoms with Crippen LogP contribution >= 0.6 is 0 Å². The summed E-state index contributed by atoms with van der Waals surface area (Å²) in [6.45, 7) is 2.29. The fourth-order valence-corrected chi connectivity index (χ4v) is 2.23. The highest BCUT2D eigenvalue weighted by Gasteiger charge is 2.33. The summed E-state index contributed by atoms with van der Waals surface area (Å²) < 4.78 is 0. The Labute approximate surface area is 105 Å². The van der Waals surface area contributed by atoms with Crippen LogP contribution < -0.4 is 11.5 Å². The molecule has 2 unspecified atom stereocenters. The molecule has 1 aliphatic rings. The number of amides is 2. The van der Waals surface area contributed by atoms with Gasteiger partial charge in [-0.1, -0.05) is 0 Å². The van der Waals surface area contributed by atoms with Gasteiger partial charge in [-0.25, -0.2) is 0 Å². The van der Waals surface area contributed by atoms with Crippen LogP contribution in [0.3, 0.4) is 0 Å². The van der Waals surface area contributed by atoms with E-state index >= 15 is 0 Å². The van der Waals surface area contributed by atoms with Crippen LogP contribution in [0.4, 0.5) is 5.69 Å². The number of aromatic amines is 1. The van der Waals surface area contributed by atoms with Gasteiger partial charge in [0.1, 0.15) is 5.69 Å². The van der Waals surface area contributed by atoms with Crippen LogP contribution in [0, 0.1) is 5.92 Å². The second kappa shape index (κ2) is 4.67. The standard InChI is InChI=1S/C11H17N5O2/c1-6-2-3-7(10(13)17)5-16(6)11(18)9-8(12)4-14-15-9/h4,6-7H,2-3,5,12H2,1H3,(H2,13,17)(H,14,15). The zero-order valence-electron chi connectivity index (χ0n) is 10.2. The number of nitrogens with two attached hydrogens (primary N) is 2. The fraction of sp³-hybridized carbons (Fsp3) is 0.545. The molecule has 7 nitrogen and oxygen atoms in total. The zero-order chi connectivity index (χ0) is 13.3. The summed E-state index contributed by atoms with van der Waals surface area (Å²) in [5, 5.41) is 6.31. The number of anilines is 1. The third-order valence-electron chi connectivity index (χ3n) is 3.43. The second-order valence-corrected chi connectivity index (χ2v) is 4.68. The lowest BCUT2D eigenvalue weighted by molar-refractivity contribution is -0.123. The average Bonchev–Trinajstić information content (AvgIpc) is 2.75. The van der Waals surface area contributed by atoms with Crippen molar-refractivity contribution in [3.8, 4) is 0 Å². The van der Waals surface area contributed by atoms with E-state index in [0.29, 0.717) is 12.2 Å². The van der Waals surface area contributed by atoms with E-state index in [1.807, 2.05) is 6.92 Å². The number of hydrogen-bond acceptors (Lipinski definition) is 4.